The quantitative estimate of drug-likeness (QED) is 0.594. The summed E-state index contributed by atoms with van der Waals surface area (Å²) in [7, 11) is 0. The molecule has 3 N–H and O–H groups in total. The highest BCUT2D eigenvalue weighted by atomic mass is 15.3. The van der Waals surface area contributed by atoms with Gasteiger partial charge in [-0.05, 0) is 62.6 Å². The van der Waals surface area contributed by atoms with E-state index in [4.69, 9.17) is 5.73 Å². The van der Waals surface area contributed by atoms with Crippen molar-refractivity contribution >= 4 is 22.3 Å². The Labute approximate surface area is 195 Å². The van der Waals surface area contributed by atoms with Crippen LogP contribution in [-0.4, -0.2) is 47.3 Å². The molecular weight excluding hydrogens is 410 g/mol. The zero-order chi connectivity index (χ0) is 22.9. The standard InChI is InChI=1S/C26H31N7/c1-17-19(15-27)6-5-8-22(17)25(28)29-26-24-14-20(9-10-23(24)18(2)30-31-26)33-13-12-32-11-4-3-7-21(32)16-33/h5-6,8-10,14,21,25H,3-4,7,11-13,16,28H2,1-2H3,(H,29,31)/t21-,25+/m1/s1. The van der Waals surface area contributed by atoms with Crippen molar-refractivity contribution in [3.63, 3.8) is 0 Å². The lowest BCUT2D eigenvalue weighted by Gasteiger charge is -2.45. The van der Waals surface area contributed by atoms with Gasteiger partial charge in [0, 0.05) is 42.1 Å². The summed E-state index contributed by atoms with van der Waals surface area (Å²) in [6.45, 7) is 8.40. The van der Waals surface area contributed by atoms with Crippen LogP contribution in [0.1, 0.15) is 47.8 Å². The average molecular weight is 442 g/mol. The number of nitrogens with zero attached hydrogens (tertiary/aromatic N) is 5. The summed E-state index contributed by atoms with van der Waals surface area (Å²) in [5, 5.41) is 23.7. The molecule has 2 fully saturated rings. The van der Waals surface area contributed by atoms with Crippen LogP contribution in [-0.2, 0) is 0 Å². The maximum atomic E-state index is 9.37. The molecule has 3 aromatic rings. The molecule has 170 valence electrons. The van der Waals surface area contributed by atoms with Gasteiger partial charge in [0.15, 0.2) is 5.82 Å². The van der Waals surface area contributed by atoms with Gasteiger partial charge in [-0.25, -0.2) is 0 Å². The van der Waals surface area contributed by atoms with E-state index in [0.29, 0.717) is 17.4 Å². The highest BCUT2D eigenvalue weighted by Gasteiger charge is 2.29. The van der Waals surface area contributed by atoms with E-state index in [0.717, 1.165) is 47.2 Å². The molecule has 2 aliphatic heterocycles. The molecule has 0 amide bonds. The van der Waals surface area contributed by atoms with Crippen LogP contribution in [0.2, 0.25) is 0 Å². The van der Waals surface area contributed by atoms with Gasteiger partial charge in [-0.15, -0.1) is 5.10 Å². The first-order valence-electron chi connectivity index (χ1n) is 11.8. The highest BCUT2D eigenvalue weighted by Crippen LogP contribution is 2.32. The monoisotopic (exact) mass is 441 g/mol. The van der Waals surface area contributed by atoms with Crippen LogP contribution >= 0.6 is 0 Å². The summed E-state index contributed by atoms with van der Waals surface area (Å²) in [5.41, 5.74) is 11.1. The van der Waals surface area contributed by atoms with Crippen LogP contribution in [0.5, 0.6) is 0 Å². The molecule has 2 atom stereocenters. The number of hydrogen-bond acceptors (Lipinski definition) is 7. The minimum Gasteiger partial charge on any atom is -0.369 e. The van der Waals surface area contributed by atoms with Gasteiger partial charge in [0.05, 0.1) is 17.3 Å². The fourth-order valence-electron chi connectivity index (χ4n) is 5.31. The van der Waals surface area contributed by atoms with Crippen LogP contribution in [0, 0.1) is 25.2 Å². The van der Waals surface area contributed by atoms with Crippen molar-refractivity contribution in [2.24, 2.45) is 5.73 Å². The van der Waals surface area contributed by atoms with E-state index in [1.54, 1.807) is 0 Å². The van der Waals surface area contributed by atoms with Gasteiger partial charge >= 0.3 is 0 Å². The zero-order valence-electron chi connectivity index (χ0n) is 19.4. The number of rotatable bonds is 4. The second-order valence-corrected chi connectivity index (χ2v) is 9.25. The normalized spacial score (nSPS) is 19.7. The van der Waals surface area contributed by atoms with E-state index in [2.05, 4.69) is 49.6 Å². The minimum atomic E-state index is -0.493. The summed E-state index contributed by atoms with van der Waals surface area (Å²) >= 11 is 0. The number of anilines is 2. The lowest BCUT2D eigenvalue weighted by molar-refractivity contribution is 0.133. The number of aryl methyl sites for hydroxylation is 1. The maximum Gasteiger partial charge on any atom is 0.158 e. The number of piperidine rings is 1. The molecule has 2 saturated heterocycles. The molecule has 7 heteroatoms. The predicted octanol–water partition coefficient (Wildman–Crippen LogP) is 3.86. The second kappa shape index (κ2) is 8.97. The molecule has 2 aromatic carbocycles. The Morgan fingerprint density at radius 3 is 2.82 bits per heavy atom. The van der Waals surface area contributed by atoms with Crippen molar-refractivity contribution in [1.29, 1.82) is 5.26 Å². The van der Waals surface area contributed by atoms with Crippen LogP contribution in [0.3, 0.4) is 0 Å². The third-order valence-electron chi connectivity index (χ3n) is 7.27. The fourth-order valence-corrected chi connectivity index (χ4v) is 5.31. The molecule has 1 aromatic heterocycles. The Kier molecular flexibility index (Phi) is 5.88. The van der Waals surface area contributed by atoms with Crippen molar-refractivity contribution in [1.82, 2.24) is 15.1 Å². The molecule has 33 heavy (non-hydrogen) atoms. The van der Waals surface area contributed by atoms with Crippen molar-refractivity contribution < 1.29 is 0 Å². The molecule has 0 bridgehead atoms. The van der Waals surface area contributed by atoms with E-state index >= 15 is 0 Å². The number of piperazine rings is 1. The number of nitrogens with two attached hydrogens (primary N) is 1. The van der Waals surface area contributed by atoms with Crippen molar-refractivity contribution in [2.45, 2.75) is 45.3 Å². The molecule has 0 radical (unpaired) electrons. The summed E-state index contributed by atoms with van der Waals surface area (Å²) < 4.78 is 0. The van der Waals surface area contributed by atoms with Gasteiger partial charge in [-0.3, -0.25) is 4.90 Å². The summed E-state index contributed by atoms with van der Waals surface area (Å²) in [5.74, 6) is 0.669. The molecule has 2 aliphatic rings. The zero-order valence-corrected chi connectivity index (χ0v) is 19.4. The molecule has 0 unspecified atom stereocenters. The topological polar surface area (TPSA) is 94.1 Å². The van der Waals surface area contributed by atoms with Crippen LogP contribution in [0.4, 0.5) is 11.5 Å². The predicted molar refractivity (Wildman–Crippen MR) is 132 cm³/mol. The summed E-state index contributed by atoms with van der Waals surface area (Å²) in [4.78, 5) is 5.16. The van der Waals surface area contributed by atoms with Crippen LogP contribution in [0.15, 0.2) is 36.4 Å². The molecule has 0 saturated carbocycles. The number of aromatic nitrogens is 2. The van der Waals surface area contributed by atoms with Crippen molar-refractivity contribution in [3.05, 3.63) is 58.8 Å². The molecule has 0 spiro atoms. The fraction of sp³-hybridized carbons (Fsp3) is 0.423. The van der Waals surface area contributed by atoms with Crippen molar-refractivity contribution in [2.75, 3.05) is 36.4 Å². The average Bonchev–Trinajstić information content (AvgIpc) is 2.85. The smallest absolute Gasteiger partial charge is 0.158 e. The number of fused-ring (bicyclic) bond motifs is 2. The van der Waals surface area contributed by atoms with Crippen LogP contribution in [0.25, 0.3) is 10.8 Å². The second-order valence-electron chi connectivity index (χ2n) is 9.25. The molecule has 5 rings (SSSR count). The summed E-state index contributed by atoms with van der Waals surface area (Å²) in [6.07, 6.45) is 3.46. The Bertz CT molecular complexity index is 1220. The Morgan fingerprint density at radius 2 is 1.97 bits per heavy atom. The van der Waals surface area contributed by atoms with E-state index in [1.165, 1.54) is 31.5 Å². The van der Waals surface area contributed by atoms with Gasteiger partial charge in [0.1, 0.15) is 6.17 Å². The molecule has 7 nitrogen and oxygen atoms in total. The largest absolute Gasteiger partial charge is 0.369 e. The van der Waals surface area contributed by atoms with E-state index in [-0.39, 0.29) is 0 Å². The highest BCUT2D eigenvalue weighted by molar-refractivity contribution is 5.95. The number of benzene rings is 2. The van der Waals surface area contributed by atoms with Gasteiger partial charge < -0.3 is 16.0 Å². The number of nitrogens with one attached hydrogen (secondary N) is 1. The molecular formula is C26H31N7. The third kappa shape index (κ3) is 4.12. The van der Waals surface area contributed by atoms with E-state index < -0.39 is 6.17 Å². The van der Waals surface area contributed by atoms with Gasteiger partial charge in [0.2, 0.25) is 0 Å². The molecule has 0 aliphatic carbocycles. The van der Waals surface area contributed by atoms with Gasteiger partial charge in [-0.2, -0.15) is 10.4 Å². The first kappa shape index (κ1) is 21.6. The first-order valence-corrected chi connectivity index (χ1v) is 11.8. The lowest BCUT2D eigenvalue weighted by Crippen LogP contribution is -2.54. The maximum absolute atomic E-state index is 9.37. The third-order valence-corrected chi connectivity index (χ3v) is 7.27. The Balaban J connectivity index is 1.46. The SMILES string of the molecule is Cc1c(C#N)cccc1[C@@H](N)Nc1nnc(C)c2ccc(N3CCN4CCCC[C@@H]4C3)cc12. The summed E-state index contributed by atoms with van der Waals surface area (Å²) in [6, 6.07) is 15.1. The minimum absolute atomic E-state index is 0.493. The van der Waals surface area contributed by atoms with Gasteiger partial charge in [0.25, 0.3) is 0 Å². The van der Waals surface area contributed by atoms with E-state index in [1.807, 2.05) is 32.0 Å². The number of nitriles is 1. The molecule has 3 heterocycles. The van der Waals surface area contributed by atoms with Gasteiger partial charge in [-0.1, -0.05) is 24.6 Å². The van der Waals surface area contributed by atoms with Crippen molar-refractivity contribution in [3.8, 4) is 6.07 Å². The van der Waals surface area contributed by atoms with E-state index in [9.17, 15) is 5.26 Å². The number of hydrogen-bond donors (Lipinski definition) is 2. The lowest BCUT2D eigenvalue weighted by atomic mass is 9.99. The van der Waals surface area contributed by atoms with Crippen LogP contribution < -0.4 is 16.0 Å². The Morgan fingerprint density at radius 1 is 1.09 bits per heavy atom. The first-order chi connectivity index (χ1) is 16.0. The Hall–Kier alpha value is -3.21.